The van der Waals surface area contributed by atoms with Crippen LogP contribution in [-0.2, 0) is 6.54 Å². The highest BCUT2D eigenvalue weighted by atomic mass is 35.5. The minimum Gasteiger partial charge on any atom is -0.491 e. The molecule has 0 saturated heterocycles. The van der Waals surface area contributed by atoms with Crippen molar-refractivity contribution in [1.82, 2.24) is 0 Å². The molecule has 1 N–H and O–H groups in total. The molecule has 19 heavy (non-hydrogen) atoms. The molecule has 102 valence electrons. The van der Waals surface area contributed by atoms with E-state index in [-0.39, 0.29) is 0 Å². The summed E-state index contributed by atoms with van der Waals surface area (Å²) in [5.41, 5.74) is 0.954. The van der Waals surface area contributed by atoms with Gasteiger partial charge in [0.2, 0.25) is 0 Å². The molecule has 0 bridgehead atoms. The monoisotopic (exact) mass is 279 g/mol. The van der Waals surface area contributed by atoms with Crippen molar-refractivity contribution in [3.05, 3.63) is 47.4 Å². The van der Waals surface area contributed by atoms with Crippen molar-refractivity contribution in [2.45, 2.75) is 20.4 Å². The second kappa shape index (κ2) is 6.53. The van der Waals surface area contributed by atoms with Gasteiger partial charge in [0, 0.05) is 0 Å². The molecular formula is C15H18ClNO2. The van der Waals surface area contributed by atoms with Crippen molar-refractivity contribution >= 4 is 17.3 Å². The Balaban J connectivity index is 1.99. The predicted molar refractivity (Wildman–Crippen MR) is 77.8 cm³/mol. The van der Waals surface area contributed by atoms with Gasteiger partial charge in [-0.1, -0.05) is 26.0 Å². The quantitative estimate of drug-likeness (QED) is 0.840. The van der Waals surface area contributed by atoms with Gasteiger partial charge in [-0.25, -0.2) is 0 Å². The van der Waals surface area contributed by atoms with Gasteiger partial charge in [0.25, 0.3) is 0 Å². The van der Waals surface area contributed by atoms with Gasteiger partial charge in [-0.3, -0.25) is 0 Å². The number of nitrogens with one attached hydrogen (secondary N) is 1. The first-order valence-corrected chi connectivity index (χ1v) is 6.73. The van der Waals surface area contributed by atoms with E-state index in [1.54, 1.807) is 6.07 Å². The normalized spacial score (nSPS) is 10.7. The van der Waals surface area contributed by atoms with Crippen LogP contribution in [0.15, 0.2) is 40.8 Å². The molecule has 0 atom stereocenters. The summed E-state index contributed by atoms with van der Waals surface area (Å²) in [6.45, 7) is 5.53. The number of ether oxygens (including phenoxy) is 1. The molecule has 0 fully saturated rings. The Morgan fingerprint density at radius 2 is 2.00 bits per heavy atom. The van der Waals surface area contributed by atoms with Gasteiger partial charge >= 0.3 is 0 Å². The summed E-state index contributed by atoms with van der Waals surface area (Å²) in [4.78, 5) is 0. The molecule has 0 radical (unpaired) electrons. The molecule has 2 rings (SSSR count). The van der Waals surface area contributed by atoms with Crippen molar-refractivity contribution in [2.75, 3.05) is 11.9 Å². The van der Waals surface area contributed by atoms with Crippen LogP contribution in [0.25, 0.3) is 0 Å². The fraction of sp³-hybridized carbons (Fsp3) is 0.333. The number of hydrogen-bond donors (Lipinski definition) is 1. The van der Waals surface area contributed by atoms with Gasteiger partial charge < -0.3 is 14.5 Å². The highest BCUT2D eigenvalue weighted by Crippen LogP contribution is 2.25. The fourth-order valence-corrected chi connectivity index (χ4v) is 1.79. The summed E-state index contributed by atoms with van der Waals surface area (Å²) in [5, 5.41) is 3.69. The highest BCUT2D eigenvalue weighted by Gasteiger charge is 2.05. The number of benzene rings is 1. The average molecular weight is 280 g/mol. The Hall–Kier alpha value is -1.61. The van der Waals surface area contributed by atoms with Gasteiger partial charge in [0.15, 0.2) is 5.22 Å². The number of furan rings is 1. The molecule has 0 amide bonds. The van der Waals surface area contributed by atoms with E-state index < -0.39 is 0 Å². The molecule has 3 nitrogen and oxygen atoms in total. The highest BCUT2D eigenvalue weighted by molar-refractivity contribution is 6.28. The van der Waals surface area contributed by atoms with E-state index >= 15 is 0 Å². The first-order valence-electron chi connectivity index (χ1n) is 6.35. The summed E-state index contributed by atoms with van der Waals surface area (Å²) in [6, 6.07) is 11.5. The zero-order valence-corrected chi connectivity index (χ0v) is 11.9. The van der Waals surface area contributed by atoms with Crippen molar-refractivity contribution < 1.29 is 9.15 Å². The molecular weight excluding hydrogens is 262 g/mol. The Kier molecular flexibility index (Phi) is 4.74. The number of anilines is 1. The SMILES string of the molecule is CC(C)COc1ccccc1NCc1ccc(Cl)o1. The molecule has 1 heterocycles. The molecule has 4 heteroatoms. The Morgan fingerprint density at radius 1 is 1.21 bits per heavy atom. The van der Waals surface area contributed by atoms with Crippen LogP contribution in [0.3, 0.4) is 0 Å². The second-order valence-corrected chi connectivity index (χ2v) is 5.13. The summed E-state index contributed by atoms with van der Waals surface area (Å²) in [7, 11) is 0. The smallest absolute Gasteiger partial charge is 0.193 e. The molecule has 0 aliphatic carbocycles. The van der Waals surface area contributed by atoms with Crippen LogP contribution in [0.2, 0.25) is 5.22 Å². The maximum Gasteiger partial charge on any atom is 0.193 e. The maximum atomic E-state index is 5.77. The van der Waals surface area contributed by atoms with Crippen LogP contribution in [-0.4, -0.2) is 6.61 Å². The largest absolute Gasteiger partial charge is 0.491 e. The Labute approximate surface area is 118 Å². The molecule has 0 unspecified atom stereocenters. The molecule has 0 aliphatic heterocycles. The lowest BCUT2D eigenvalue weighted by Crippen LogP contribution is -2.07. The topological polar surface area (TPSA) is 34.4 Å². The average Bonchev–Trinajstić information content (AvgIpc) is 2.80. The van der Waals surface area contributed by atoms with Crippen LogP contribution in [0.4, 0.5) is 5.69 Å². The van der Waals surface area contributed by atoms with Crippen molar-refractivity contribution in [3.63, 3.8) is 0 Å². The lowest BCUT2D eigenvalue weighted by Gasteiger charge is -2.13. The van der Waals surface area contributed by atoms with E-state index in [4.69, 9.17) is 20.8 Å². The Morgan fingerprint density at radius 3 is 2.68 bits per heavy atom. The van der Waals surface area contributed by atoms with Crippen LogP contribution in [0.1, 0.15) is 19.6 Å². The van der Waals surface area contributed by atoms with E-state index in [0.29, 0.717) is 24.3 Å². The maximum absolute atomic E-state index is 5.77. The van der Waals surface area contributed by atoms with Gasteiger partial charge in [0.1, 0.15) is 11.5 Å². The molecule has 0 aliphatic rings. The number of halogens is 1. The van der Waals surface area contributed by atoms with E-state index in [9.17, 15) is 0 Å². The lowest BCUT2D eigenvalue weighted by atomic mass is 10.2. The lowest BCUT2D eigenvalue weighted by molar-refractivity contribution is 0.272. The fourth-order valence-electron chi connectivity index (χ4n) is 1.62. The standard InChI is InChI=1S/C15H18ClNO2/c1-11(2)10-18-14-6-4-3-5-13(14)17-9-12-7-8-15(16)19-12/h3-8,11,17H,9-10H2,1-2H3. The molecule has 0 saturated carbocycles. The molecule has 1 aromatic carbocycles. The van der Waals surface area contributed by atoms with Crippen molar-refractivity contribution in [1.29, 1.82) is 0 Å². The van der Waals surface area contributed by atoms with Crippen LogP contribution in [0.5, 0.6) is 5.75 Å². The molecule has 2 aromatic rings. The zero-order valence-electron chi connectivity index (χ0n) is 11.2. The number of para-hydroxylation sites is 2. The third-order valence-electron chi connectivity index (χ3n) is 2.54. The Bertz CT molecular complexity index is 522. The van der Waals surface area contributed by atoms with E-state index in [2.05, 4.69) is 19.2 Å². The van der Waals surface area contributed by atoms with Crippen LogP contribution >= 0.6 is 11.6 Å². The van der Waals surface area contributed by atoms with Gasteiger partial charge in [-0.2, -0.15) is 0 Å². The summed E-state index contributed by atoms with van der Waals surface area (Å²) in [5.74, 6) is 2.15. The summed E-state index contributed by atoms with van der Waals surface area (Å²) < 4.78 is 11.1. The van der Waals surface area contributed by atoms with Gasteiger partial charge in [-0.05, 0) is 41.8 Å². The first kappa shape index (κ1) is 13.8. The molecule has 1 aromatic heterocycles. The zero-order chi connectivity index (χ0) is 13.7. The predicted octanol–water partition coefficient (Wildman–Crippen LogP) is 4.58. The number of rotatable bonds is 6. The van der Waals surface area contributed by atoms with E-state index in [1.165, 1.54) is 0 Å². The summed E-state index contributed by atoms with van der Waals surface area (Å²) >= 11 is 5.74. The third-order valence-corrected chi connectivity index (χ3v) is 2.74. The van der Waals surface area contributed by atoms with E-state index in [0.717, 1.165) is 17.2 Å². The number of hydrogen-bond acceptors (Lipinski definition) is 3. The van der Waals surface area contributed by atoms with E-state index in [1.807, 2.05) is 30.3 Å². The first-order chi connectivity index (χ1) is 9.15. The van der Waals surface area contributed by atoms with Crippen LogP contribution in [0, 0.1) is 5.92 Å². The van der Waals surface area contributed by atoms with Gasteiger partial charge in [0.05, 0.1) is 18.8 Å². The van der Waals surface area contributed by atoms with Crippen molar-refractivity contribution in [3.8, 4) is 5.75 Å². The summed E-state index contributed by atoms with van der Waals surface area (Å²) in [6.07, 6.45) is 0. The minimum absolute atomic E-state index is 0.404. The van der Waals surface area contributed by atoms with Crippen molar-refractivity contribution in [2.24, 2.45) is 5.92 Å². The molecule has 0 spiro atoms. The second-order valence-electron chi connectivity index (χ2n) is 4.76. The van der Waals surface area contributed by atoms with Gasteiger partial charge in [-0.15, -0.1) is 0 Å². The third kappa shape index (κ3) is 4.21. The minimum atomic E-state index is 0.404. The van der Waals surface area contributed by atoms with Crippen LogP contribution < -0.4 is 10.1 Å².